The zero-order valence-corrected chi connectivity index (χ0v) is 8.39. The van der Waals surface area contributed by atoms with Gasteiger partial charge in [0, 0.05) is 6.42 Å². The molecule has 0 aliphatic carbocycles. The third-order valence-corrected chi connectivity index (χ3v) is 2.59. The van der Waals surface area contributed by atoms with Crippen LogP contribution < -0.4 is 0 Å². The van der Waals surface area contributed by atoms with Crippen LogP contribution in [-0.4, -0.2) is 52.0 Å². The second kappa shape index (κ2) is 4.20. The SMILES string of the molecule is C[C@@]1(C(=O)O)C[C@@H](OC(F)F)CN1C(=O)O. The first-order valence-electron chi connectivity index (χ1n) is 4.45. The zero-order chi connectivity index (χ0) is 12.5. The van der Waals surface area contributed by atoms with Crippen LogP contribution in [-0.2, 0) is 9.53 Å². The summed E-state index contributed by atoms with van der Waals surface area (Å²) >= 11 is 0. The van der Waals surface area contributed by atoms with E-state index in [9.17, 15) is 18.4 Å². The molecule has 2 atom stereocenters. The second-order valence-electron chi connectivity index (χ2n) is 3.70. The lowest BCUT2D eigenvalue weighted by atomic mass is 9.99. The van der Waals surface area contributed by atoms with Gasteiger partial charge in [0.05, 0.1) is 12.6 Å². The molecule has 92 valence electrons. The summed E-state index contributed by atoms with van der Waals surface area (Å²) in [7, 11) is 0. The number of ether oxygens (including phenoxy) is 1. The monoisotopic (exact) mass is 239 g/mol. The topological polar surface area (TPSA) is 87.1 Å². The number of amides is 1. The van der Waals surface area contributed by atoms with E-state index in [-0.39, 0.29) is 13.0 Å². The Morgan fingerprint density at radius 2 is 2.06 bits per heavy atom. The summed E-state index contributed by atoms with van der Waals surface area (Å²) in [6.45, 7) is -2.25. The summed E-state index contributed by atoms with van der Waals surface area (Å²) in [6, 6.07) is 0. The number of likely N-dealkylation sites (tertiary alicyclic amines) is 1. The minimum absolute atomic E-state index is 0.293. The van der Waals surface area contributed by atoms with Gasteiger partial charge >= 0.3 is 18.7 Å². The lowest BCUT2D eigenvalue weighted by Crippen LogP contribution is -2.50. The molecule has 0 radical (unpaired) electrons. The summed E-state index contributed by atoms with van der Waals surface area (Å²) in [4.78, 5) is 22.3. The minimum Gasteiger partial charge on any atom is -0.480 e. The van der Waals surface area contributed by atoms with E-state index in [2.05, 4.69) is 4.74 Å². The van der Waals surface area contributed by atoms with Crippen LogP contribution in [0.15, 0.2) is 0 Å². The number of nitrogens with zero attached hydrogens (tertiary/aromatic N) is 1. The number of carboxylic acids is 1. The molecule has 1 heterocycles. The van der Waals surface area contributed by atoms with Gasteiger partial charge in [0.25, 0.3) is 0 Å². The largest absolute Gasteiger partial charge is 0.480 e. The van der Waals surface area contributed by atoms with E-state index in [1.54, 1.807) is 0 Å². The number of alkyl halides is 2. The molecule has 0 spiro atoms. The normalized spacial score (nSPS) is 29.8. The molecule has 0 bridgehead atoms. The van der Waals surface area contributed by atoms with Crippen molar-refractivity contribution in [1.82, 2.24) is 4.90 Å². The van der Waals surface area contributed by atoms with Gasteiger partial charge in [-0.15, -0.1) is 0 Å². The first-order valence-corrected chi connectivity index (χ1v) is 4.45. The van der Waals surface area contributed by atoms with Crippen LogP contribution in [0.5, 0.6) is 0 Å². The lowest BCUT2D eigenvalue weighted by molar-refractivity contribution is -0.161. The fraction of sp³-hybridized carbons (Fsp3) is 0.750. The predicted octanol–water partition coefficient (Wildman–Crippen LogP) is 0.821. The van der Waals surface area contributed by atoms with Crippen LogP contribution in [0.2, 0.25) is 0 Å². The number of carboxylic acid groups (broad SMARTS) is 2. The molecule has 1 aliphatic rings. The highest BCUT2D eigenvalue weighted by atomic mass is 19.3. The molecular weight excluding hydrogens is 228 g/mol. The van der Waals surface area contributed by atoms with Crippen LogP contribution in [0.4, 0.5) is 13.6 Å². The van der Waals surface area contributed by atoms with E-state index in [0.717, 1.165) is 6.92 Å². The Bertz CT molecular complexity index is 311. The van der Waals surface area contributed by atoms with E-state index in [1.165, 1.54) is 0 Å². The first kappa shape index (κ1) is 12.6. The van der Waals surface area contributed by atoms with Gasteiger partial charge in [-0.3, -0.25) is 4.90 Å². The highest BCUT2D eigenvalue weighted by Crippen LogP contribution is 2.32. The van der Waals surface area contributed by atoms with Crippen molar-refractivity contribution in [2.75, 3.05) is 6.54 Å². The third-order valence-electron chi connectivity index (χ3n) is 2.59. The quantitative estimate of drug-likeness (QED) is 0.761. The Hall–Kier alpha value is -1.44. The average molecular weight is 239 g/mol. The van der Waals surface area contributed by atoms with Crippen molar-refractivity contribution in [2.45, 2.75) is 31.6 Å². The standard InChI is InChI=1S/C8H11F2NO5/c1-8(5(12)13)2-4(16-6(9)10)3-11(8)7(14)15/h4,6H,2-3H2,1H3,(H,12,13)(H,14,15)/t4-,8+/m1/s1. The Morgan fingerprint density at radius 1 is 1.50 bits per heavy atom. The number of hydrogen-bond donors (Lipinski definition) is 2. The van der Waals surface area contributed by atoms with Crippen molar-refractivity contribution in [3.05, 3.63) is 0 Å². The molecule has 1 rings (SSSR count). The van der Waals surface area contributed by atoms with E-state index in [4.69, 9.17) is 10.2 Å². The van der Waals surface area contributed by atoms with Gasteiger partial charge in [0.2, 0.25) is 0 Å². The minimum atomic E-state index is -3.04. The van der Waals surface area contributed by atoms with Gasteiger partial charge in [-0.05, 0) is 6.92 Å². The zero-order valence-electron chi connectivity index (χ0n) is 8.39. The molecule has 1 aliphatic heterocycles. The molecule has 16 heavy (non-hydrogen) atoms. The van der Waals surface area contributed by atoms with Gasteiger partial charge in [-0.2, -0.15) is 8.78 Å². The van der Waals surface area contributed by atoms with Crippen molar-refractivity contribution in [3.8, 4) is 0 Å². The average Bonchev–Trinajstić information content (AvgIpc) is 2.43. The Labute approximate surface area is 89.4 Å². The number of rotatable bonds is 3. The molecule has 0 aromatic heterocycles. The number of aliphatic carboxylic acids is 1. The van der Waals surface area contributed by atoms with Crippen molar-refractivity contribution < 1.29 is 33.3 Å². The first-order chi connectivity index (χ1) is 7.27. The second-order valence-corrected chi connectivity index (χ2v) is 3.70. The summed E-state index contributed by atoms with van der Waals surface area (Å²) < 4.78 is 28.0. The highest BCUT2D eigenvalue weighted by molar-refractivity contribution is 5.84. The van der Waals surface area contributed by atoms with Crippen LogP contribution >= 0.6 is 0 Å². The maximum Gasteiger partial charge on any atom is 0.408 e. The smallest absolute Gasteiger partial charge is 0.408 e. The Kier molecular flexibility index (Phi) is 3.32. The number of halogens is 2. The van der Waals surface area contributed by atoms with E-state index < -0.39 is 30.3 Å². The predicted molar refractivity (Wildman–Crippen MR) is 46.3 cm³/mol. The summed E-state index contributed by atoms with van der Waals surface area (Å²) in [5, 5.41) is 17.7. The van der Waals surface area contributed by atoms with E-state index >= 15 is 0 Å². The van der Waals surface area contributed by atoms with E-state index in [0.29, 0.717) is 4.90 Å². The maximum absolute atomic E-state index is 11.9. The van der Waals surface area contributed by atoms with Gasteiger partial charge in [-0.25, -0.2) is 9.59 Å². The fourth-order valence-electron chi connectivity index (χ4n) is 1.75. The molecule has 1 amide bonds. The summed E-state index contributed by atoms with van der Waals surface area (Å²) in [6.07, 6.45) is -2.86. The molecule has 0 saturated carbocycles. The van der Waals surface area contributed by atoms with Gasteiger partial charge in [-0.1, -0.05) is 0 Å². The lowest BCUT2D eigenvalue weighted by Gasteiger charge is -2.27. The fourth-order valence-corrected chi connectivity index (χ4v) is 1.75. The van der Waals surface area contributed by atoms with Crippen LogP contribution in [0.1, 0.15) is 13.3 Å². The molecule has 0 aromatic rings. The molecule has 1 saturated heterocycles. The molecule has 0 unspecified atom stereocenters. The van der Waals surface area contributed by atoms with Crippen molar-refractivity contribution >= 4 is 12.1 Å². The maximum atomic E-state index is 11.9. The number of carbonyl (C=O) groups is 2. The van der Waals surface area contributed by atoms with Crippen molar-refractivity contribution in [3.63, 3.8) is 0 Å². The molecule has 1 fully saturated rings. The summed E-state index contributed by atoms with van der Waals surface area (Å²) in [5.41, 5.74) is -1.72. The highest BCUT2D eigenvalue weighted by Gasteiger charge is 2.51. The molecule has 8 heteroatoms. The summed E-state index contributed by atoms with van der Waals surface area (Å²) in [5.74, 6) is -1.38. The Balaban J connectivity index is 2.84. The van der Waals surface area contributed by atoms with Gasteiger partial charge in [0.1, 0.15) is 5.54 Å². The van der Waals surface area contributed by atoms with Crippen LogP contribution in [0, 0.1) is 0 Å². The number of hydrogen-bond acceptors (Lipinski definition) is 3. The van der Waals surface area contributed by atoms with Gasteiger partial charge < -0.3 is 14.9 Å². The van der Waals surface area contributed by atoms with E-state index in [1.807, 2.05) is 0 Å². The molecular formula is C8H11F2NO5. The van der Waals surface area contributed by atoms with Gasteiger partial charge in [0.15, 0.2) is 0 Å². The Morgan fingerprint density at radius 3 is 2.38 bits per heavy atom. The van der Waals surface area contributed by atoms with Crippen molar-refractivity contribution in [2.24, 2.45) is 0 Å². The molecule has 6 nitrogen and oxygen atoms in total. The molecule has 2 N–H and O–H groups in total. The molecule has 0 aromatic carbocycles. The van der Waals surface area contributed by atoms with Crippen molar-refractivity contribution in [1.29, 1.82) is 0 Å². The van der Waals surface area contributed by atoms with Crippen LogP contribution in [0.3, 0.4) is 0 Å². The third kappa shape index (κ3) is 2.21. The van der Waals surface area contributed by atoms with Crippen LogP contribution in [0.25, 0.3) is 0 Å².